The summed E-state index contributed by atoms with van der Waals surface area (Å²) in [5, 5.41) is 8.66. The molecule has 0 aromatic rings. The summed E-state index contributed by atoms with van der Waals surface area (Å²) in [5.74, 6) is -0.843. The lowest BCUT2D eigenvalue weighted by Gasteiger charge is -2.25. The maximum absolute atomic E-state index is 12.1. The quantitative estimate of drug-likeness (QED) is 0.642. The zero-order chi connectivity index (χ0) is 11.8. The standard InChI is InChI=1S/C9H18F2N2O2/c1-2-7(5-12)9(15)13(3-4-14)6-8(10)11/h7-8,14H,2-6,12H2,1H3. The summed E-state index contributed by atoms with van der Waals surface area (Å²) in [6, 6.07) is 0. The number of hydrogen-bond donors (Lipinski definition) is 2. The first-order chi connectivity index (χ1) is 7.06. The fraction of sp³-hybridized carbons (Fsp3) is 0.889. The number of alkyl halides is 2. The van der Waals surface area contributed by atoms with Crippen molar-refractivity contribution in [1.29, 1.82) is 0 Å². The van der Waals surface area contributed by atoms with E-state index in [1.165, 1.54) is 0 Å². The molecule has 0 aromatic heterocycles. The van der Waals surface area contributed by atoms with E-state index in [9.17, 15) is 13.6 Å². The molecule has 0 rings (SSSR count). The van der Waals surface area contributed by atoms with Gasteiger partial charge in [-0.2, -0.15) is 0 Å². The van der Waals surface area contributed by atoms with Gasteiger partial charge in [-0.05, 0) is 6.42 Å². The second-order valence-electron chi connectivity index (χ2n) is 3.24. The van der Waals surface area contributed by atoms with Crippen LogP contribution in [0.15, 0.2) is 0 Å². The number of nitrogens with zero attached hydrogens (tertiary/aromatic N) is 1. The van der Waals surface area contributed by atoms with E-state index in [1.807, 2.05) is 0 Å². The summed E-state index contributed by atoms with van der Waals surface area (Å²) in [6.07, 6.45) is -2.07. The molecular formula is C9H18F2N2O2. The second-order valence-corrected chi connectivity index (χ2v) is 3.24. The third-order valence-electron chi connectivity index (χ3n) is 2.17. The fourth-order valence-corrected chi connectivity index (χ4v) is 1.28. The number of halogens is 2. The van der Waals surface area contributed by atoms with E-state index in [2.05, 4.69) is 0 Å². The number of nitrogens with two attached hydrogens (primary N) is 1. The largest absolute Gasteiger partial charge is 0.395 e. The van der Waals surface area contributed by atoms with E-state index < -0.39 is 24.8 Å². The molecule has 0 heterocycles. The van der Waals surface area contributed by atoms with Crippen LogP contribution >= 0.6 is 0 Å². The SMILES string of the molecule is CCC(CN)C(=O)N(CCO)CC(F)F. The van der Waals surface area contributed by atoms with Gasteiger partial charge in [0, 0.05) is 13.1 Å². The van der Waals surface area contributed by atoms with Gasteiger partial charge >= 0.3 is 0 Å². The van der Waals surface area contributed by atoms with Crippen molar-refractivity contribution in [2.45, 2.75) is 19.8 Å². The van der Waals surface area contributed by atoms with Crippen molar-refractivity contribution >= 4 is 5.91 Å². The molecular weight excluding hydrogens is 206 g/mol. The van der Waals surface area contributed by atoms with Crippen LogP contribution in [0, 0.1) is 5.92 Å². The summed E-state index contributed by atoms with van der Waals surface area (Å²) in [7, 11) is 0. The molecule has 0 saturated heterocycles. The van der Waals surface area contributed by atoms with Gasteiger partial charge in [0.05, 0.1) is 19.1 Å². The molecule has 6 heteroatoms. The van der Waals surface area contributed by atoms with Gasteiger partial charge in [-0.1, -0.05) is 6.92 Å². The van der Waals surface area contributed by atoms with Crippen molar-refractivity contribution in [1.82, 2.24) is 4.90 Å². The molecule has 1 amide bonds. The molecule has 0 aliphatic rings. The van der Waals surface area contributed by atoms with Crippen LogP contribution in [-0.4, -0.2) is 48.6 Å². The van der Waals surface area contributed by atoms with Crippen molar-refractivity contribution in [3.05, 3.63) is 0 Å². The highest BCUT2D eigenvalue weighted by molar-refractivity contribution is 5.79. The molecule has 0 aromatic carbocycles. The summed E-state index contributed by atoms with van der Waals surface area (Å²) in [4.78, 5) is 12.6. The number of aliphatic hydroxyl groups is 1. The van der Waals surface area contributed by atoms with Gasteiger partial charge in [-0.25, -0.2) is 8.78 Å². The van der Waals surface area contributed by atoms with E-state index >= 15 is 0 Å². The number of amides is 1. The van der Waals surface area contributed by atoms with Crippen LogP contribution in [0.1, 0.15) is 13.3 Å². The second kappa shape index (κ2) is 7.53. The van der Waals surface area contributed by atoms with E-state index in [1.54, 1.807) is 6.92 Å². The Morgan fingerprint density at radius 1 is 1.53 bits per heavy atom. The monoisotopic (exact) mass is 224 g/mol. The normalized spacial score (nSPS) is 12.9. The Kier molecular flexibility index (Phi) is 7.15. The highest BCUT2D eigenvalue weighted by Gasteiger charge is 2.23. The van der Waals surface area contributed by atoms with Crippen LogP contribution in [0.25, 0.3) is 0 Å². The molecule has 1 unspecified atom stereocenters. The first-order valence-corrected chi connectivity index (χ1v) is 4.94. The number of carbonyl (C=O) groups is 1. The summed E-state index contributed by atoms with van der Waals surface area (Å²) in [6.45, 7) is 0.879. The lowest BCUT2D eigenvalue weighted by Crippen LogP contribution is -2.42. The lowest BCUT2D eigenvalue weighted by molar-refractivity contribution is -0.137. The van der Waals surface area contributed by atoms with Crippen LogP contribution in [-0.2, 0) is 4.79 Å². The van der Waals surface area contributed by atoms with Crippen molar-refractivity contribution in [2.24, 2.45) is 11.7 Å². The Balaban J connectivity index is 4.38. The third kappa shape index (κ3) is 5.03. The lowest BCUT2D eigenvalue weighted by atomic mass is 10.1. The van der Waals surface area contributed by atoms with Gasteiger partial charge in [-0.15, -0.1) is 0 Å². The van der Waals surface area contributed by atoms with Crippen molar-refractivity contribution < 1.29 is 18.7 Å². The highest BCUT2D eigenvalue weighted by Crippen LogP contribution is 2.08. The molecule has 0 aliphatic carbocycles. The van der Waals surface area contributed by atoms with Crippen LogP contribution < -0.4 is 5.73 Å². The predicted octanol–water partition coefficient (Wildman–Crippen LogP) is 0.0573. The average Bonchev–Trinajstić information content (AvgIpc) is 2.18. The van der Waals surface area contributed by atoms with Gasteiger partial charge in [0.25, 0.3) is 6.43 Å². The zero-order valence-electron chi connectivity index (χ0n) is 8.83. The first-order valence-electron chi connectivity index (χ1n) is 4.94. The van der Waals surface area contributed by atoms with Gasteiger partial charge in [0.15, 0.2) is 0 Å². The van der Waals surface area contributed by atoms with Crippen molar-refractivity contribution in [3.8, 4) is 0 Å². The maximum Gasteiger partial charge on any atom is 0.255 e. The molecule has 3 N–H and O–H groups in total. The van der Waals surface area contributed by atoms with Crippen LogP contribution in [0.2, 0.25) is 0 Å². The summed E-state index contributed by atoms with van der Waals surface area (Å²) in [5.41, 5.74) is 5.35. The van der Waals surface area contributed by atoms with Crippen LogP contribution in [0.5, 0.6) is 0 Å². The van der Waals surface area contributed by atoms with Crippen molar-refractivity contribution in [2.75, 3.05) is 26.2 Å². The Labute approximate surface area is 88.0 Å². The molecule has 0 bridgehead atoms. The molecule has 0 radical (unpaired) electrons. The van der Waals surface area contributed by atoms with Crippen LogP contribution in [0.4, 0.5) is 8.78 Å². The minimum absolute atomic E-state index is 0.0698. The molecule has 0 aliphatic heterocycles. The molecule has 0 fully saturated rings. The number of carbonyl (C=O) groups excluding carboxylic acids is 1. The number of hydrogen-bond acceptors (Lipinski definition) is 3. The Hall–Kier alpha value is -0.750. The van der Waals surface area contributed by atoms with Crippen LogP contribution in [0.3, 0.4) is 0 Å². The van der Waals surface area contributed by atoms with Gasteiger partial charge < -0.3 is 15.7 Å². The fourth-order valence-electron chi connectivity index (χ4n) is 1.28. The molecule has 15 heavy (non-hydrogen) atoms. The maximum atomic E-state index is 12.1. The molecule has 0 saturated carbocycles. The van der Waals surface area contributed by atoms with E-state index in [4.69, 9.17) is 10.8 Å². The van der Waals surface area contributed by atoms with E-state index in [-0.39, 0.29) is 19.7 Å². The Morgan fingerprint density at radius 2 is 2.13 bits per heavy atom. The smallest absolute Gasteiger partial charge is 0.255 e. The van der Waals surface area contributed by atoms with E-state index in [0.29, 0.717) is 6.42 Å². The van der Waals surface area contributed by atoms with Gasteiger partial charge in [0.1, 0.15) is 0 Å². The topological polar surface area (TPSA) is 66.6 Å². The highest BCUT2D eigenvalue weighted by atomic mass is 19.3. The first kappa shape index (κ1) is 14.2. The Morgan fingerprint density at radius 3 is 2.47 bits per heavy atom. The summed E-state index contributed by atoms with van der Waals surface area (Å²) >= 11 is 0. The van der Waals surface area contributed by atoms with E-state index in [0.717, 1.165) is 4.90 Å². The van der Waals surface area contributed by atoms with Gasteiger partial charge in [-0.3, -0.25) is 4.79 Å². The number of rotatable bonds is 7. The number of aliphatic hydroxyl groups excluding tert-OH is 1. The third-order valence-corrected chi connectivity index (χ3v) is 2.17. The average molecular weight is 224 g/mol. The minimum Gasteiger partial charge on any atom is -0.395 e. The molecule has 90 valence electrons. The minimum atomic E-state index is -2.59. The molecule has 1 atom stereocenters. The Bertz CT molecular complexity index is 187. The summed E-state index contributed by atoms with van der Waals surface area (Å²) < 4.78 is 24.3. The van der Waals surface area contributed by atoms with Crippen molar-refractivity contribution in [3.63, 3.8) is 0 Å². The zero-order valence-corrected chi connectivity index (χ0v) is 8.83. The predicted molar refractivity (Wildman–Crippen MR) is 52.5 cm³/mol. The molecule has 0 spiro atoms. The molecule has 4 nitrogen and oxygen atoms in total. The van der Waals surface area contributed by atoms with Gasteiger partial charge in [0.2, 0.25) is 5.91 Å².